The molecule has 6 heteroatoms. The molecule has 1 aliphatic carbocycles. The van der Waals surface area contributed by atoms with E-state index in [2.05, 4.69) is 16.2 Å². The fourth-order valence-electron chi connectivity index (χ4n) is 3.72. The first-order chi connectivity index (χ1) is 11.1. The van der Waals surface area contributed by atoms with Gasteiger partial charge in [-0.15, -0.1) is 6.42 Å². The number of carbonyl (C=O) groups is 2. The Morgan fingerprint density at radius 3 is 2.65 bits per heavy atom. The van der Waals surface area contributed by atoms with Gasteiger partial charge in [0, 0.05) is 25.2 Å². The predicted molar refractivity (Wildman–Crippen MR) is 82.7 cm³/mol. The highest BCUT2D eigenvalue weighted by molar-refractivity contribution is 5.95. The van der Waals surface area contributed by atoms with E-state index in [-0.39, 0.29) is 29.6 Å². The lowest BCUT2D eigenvalue weighted by Gasteiger charge is -2.36. The SMILES string of the molecule is C#CC(=O)N1C[C@H]2CC[C@@H](C1)C2C(=O)Nc1cnccc1C#N. The summed E-state index contributed by atoms with van der Waals surface area (Å²) in [5.41, 5.74) is 0.821. The Bertz CT molecular complexity index is 717. The smallest absolute Gasteiger partial charge is 0.298 e. The van der Waals surface area contributed by atoms with E-state index in [1.165, 1.54) is 12.4 Å². The first-order valence-electron chi connectivity index (χ1n) is 7.54. The third-order valence-electron chi connectivity index (χ3n) is 4.75. The summed E-state index contributed by atoms with van der Waals surface area (Å²) in [4.78, 5) is 29.9. The number of nitrogens with zero attached hydrogens (tertiary/aromatic N) is 3. The number of fused-ring (bicyclic) bond motifs is 2. The Hall–Kier alpha value is -2.86. The summed E-state index contributed by atoms with van der Waals surface area (Å²) in [5.74, 6) is 1.82. The molecule has 3 atom stereocenters. The number of anilines is 1. The quantitative estimate of drug-likeness (QED) is 0.826. The van der Waals surface area contributed by atoms with Crippen LogP contribution in [0.5, 0.6) is 0 Å². The zero-order chi connectivity index (χ0) is 16.4. The summed E-state index contributed by atoms with van der Waals surface area (Å²) in [6, 6.07) is 3.61. The monoisotopic (exact) mass is 308 g/mol. The Labute approximate surface area is 134 Å². The molecule has 2 aliphatic rings. The largest absolute Gasteiger partial charge is 0.331 e. The van der Waals surface area contributed by atoms with Crippen LogP contribution in [0.1, 0.15) is 18.4 Å². The highest BCUT2D eigenvalue weighted by Crippen LogP contribution is 2.42. The van der Waals surface area contributed by atoms with Crippen LogP contribution >= 0.6 is 0 Å². The molecule has 6 nitrogen and oxygen atoms in total. The van der Waals surface area contributed by atoms with Gasteiger partial charge in [-0.25, -0.2) is 0 Å². The second-order valence-electron chi connectivity index (χ2n) is 6.00. The van der Waals surface area contributed by atoms with Crippen LogP contribution in [-0.2, 0) is 9.59 Å². The Morgan fingerprint density at radius 2 is 2.04 bits per heavy atom. The Morgan fingerprint density at radius 1 is 1.35 bits per heavy atom. The predicted octanol–water partition coefficient (Wildman–Crippen LogP) is 1.01. The lowest BCUT2D eigenvalue weighted by Crippen LogP contribution is -2.48. The van der Waals surface area contributed by atoms with Crippen molar-refractivity contribution in [2.45, 2.75) is 12.8 Å². The topological polar surface area (TPSA) is 86.1 Å². The van der Waals surface area contributed by atoms with Crippen molar-refractivity contribution in [2.75, 3.05) is 18.4 Å². The van der Waals surface area contributed by atoms with Crippen molar-refractivity contribution < 1.29 is 9.59 Å². The summed E-state index contributed by atoms with van der Waals surface area (Å²) in [7, 11) is 0. The number of aromatic nitrogens is 1. The van der Waals surface area contributed by atoms with Crippen molar-refractivity contribution in [3.05, 3.63) is 24.0 Å². The van der Waals surface area contributed by atoms with Crippen LogP contribution in [0.3, 0.4) is 0 Å². The number of pyridine rings is 1. The standard InChI is InChI=1S/C17H16N4O2/c1-2-15(22)21-9-12-3-4-13(10-21)16(12)17(23)20-14-8-19-6-5-11(14)7-18/h1,5-6,8,12-13,16H,3-4,9-10H2,(H,20,23)/t12-,13+,16?. The molecule has 1 aromatic rings. The fraction of sp³-hybridized carbons (Fsp3) is 0.412. The Kier molecular flexibility index (Phi) is 3.99. The van der Waals surface area contributed by atoms with Gasteiger partial charge in [-0.1, -0.05) is 0 Å². The van der Waals surface area contributed by atoms with Gasteiger partial charge in [0.1, 0.15) is 6.07 Å². The third-order valence-corrected chi connectivity index (χ3v) is 4.75. The van der Waals surface area contributed by atoms with E-state index in [9.17, 15) is 9.59 Å². The lowest BCUT2D eigenvalue weighted by molar-refractivity contribution is -0.132. The number of nitriles is 1. The van der Waals surface area contributed by atoms with E-state index in [0.717, 1.165) is 12.8 Å². The van der Waals surface area contributed by atoms with E-state index >= 15 is 0 Å². The molecule has 1 saturated carbocycles. The number of hydrogen-bond donors (Lipinski definition) is 1. The summed E-state index contributed by atoms with van der Waals surface area (Å²) < 4.78 is 0. The van der Waals surface area contributed by atoms with Crippen LogP contribution in [0.4, 0.5) is 5.69 Å². The zero-order valence-corrected chi connectivity index (χ0v) is 12.5. The highest BCUT2D eigenvalue weighted by Gasteiger charge is 2.46. The molecule has 1 N–H and O–H groups in total. The minimum absolute atomic E-state index is 0.102. The van der Waals surface area contributed by atoms with Crippen LogP contribution in [0.2, 0.25) is 0 Å². The number of piperidine rings is 1. The number of likely N-dealkylation sites (tertiary alicyclic amines) is 1. The number of hydrogen-bond acceptors (Lipinski definition) is 4. The first kappa shape index (κ1) is 15.1. The maximum atomic E-state index is 12.7. The molecule has 3 rings (SSSR count). The molecule has 0 radical (unpaired) electrons. The van der Waals surface area contributed by atoms with E-state index < -0.39 is 0 Å². The molecule has 2 amide bonds. The molecular weight excluding hydrogens is 292 g/mol. The van der Waals surface area contributed by atoms with Gasteiger partial charge >= 0.3 is 0 Å². The van der Waals surface area contributed by atoms with Gasteiger partial charge in [0.2, 0.25) is 5.91 Å². The number of nitrogens with one attached hydrogen (secondary N) is 1. The van der Waals surface area contributed by atoms with Gasteiger partial charge in [-0.05, 0) is 36.7 Å². The van der Waals surface area contributed by atoms with Gasteiger partial charge in [0.15, 0.2) is 0 Å². The minimum Gasteiger partial charge on any atom is -0.331 e. The average molecular weight is 308 g/mol. The summed E-state index contributed by atoms with van der Waals surface area (Å²) in [6.45, 7) is 1.05. The molecule has 1 aliphatic heterocycles. The second kappa shape index (κ2) is 6.10. The Balaban J connectivity index is 1.74. The van der Waals surface area contributed by atoms with Crippen LogP contribution in [-0.4, -0.2) is 34.8 Å². The molecule has 1 saturated heterocycles. The van der Waals surface area contributed by atoms with E-state index in [1.807, 2.05) is 6.07 Å². The second-order valence-corrected chi connectivity index (χ2v) is 6.00. The molecule has 0 aromatic carbocycles. The van der Waals surface area contributed by atoms with Gasteiger partial charge in [-0.2, -0.15) is 5.26 Å². The average Bonchev–Trinajstić information content (AvgIpc) is 2.84. The normalized spacial score (nSPS) is 25.3. The molecule has 2 fully saturated rings. The number of carbonyl (C=O) groups excluding carboxylic acids is 2. The van der Waals surface area contributed by atoms with Gasteiger partial charge < -0.3 is 10.2 Å². The molecule has 2 heterocycles. The van der Waals surface area contributed by atoms with Crippen molar-refractivity contribution in [1.29, 1.82) is 5.26 Å². The van der Waals surface area contributed by atoms with Gasteiger partial charge in [0.25, 0.3) is 5.91 Å². The summed E-state index contributed by atoms with van der Waals surface area (Å²) in [6.07, 6.45) is 10.0. The molecule has 0 spiro atoms. The van der Waals surface area contributed by atoms with Crippen LogP contribution < -0.4 is 5.32 Å². The highest BCUT2D eigenvalue weighted by atomic mass is 16.2. The fourth-order valence-corrected chi connectivity index (χ4v) is 3.72. The minimum atomic E-state index is -0.306. The van der Waals surface area contributed by atoms with Crippen LogP contribution in [0.15, 0.2) is 18.5 Å². The molecule has 1 unspecified atom stereocenters. The number of amides is 2. The third kappa shape index (κ3) is 2.76. The maximum Gasteiger partial charge on any atom is 0.298 e. The number of terminal acetylenes is 1. The molecule has 23 heavy (non-hydrogen) atoms. The first-order valence-corrected chi connectivity index (χ1v) is 7.54. The van der Waals surface area contributed by atoms with Crippen LogP contribution in [0, 0.1) is 41.4 Å². The van der Waals surface area contributed by atoms with Crippen molar-refractivity contribution in [3.63, 3.8) is 0 Å². The molecule has 2 bridgehead atoms. The van der Waals surface area contributed by atoms with Crippen LogP contribution in [0.25, 0.3) is 0 Å². The van der Waals surface area contributed by atoms with E-state index in [0.29, 0.717) is 24.3 Å². The van der Waals surface area contributed by atoms with Crippen molar-refractivity contribution in [3.8, 4) is 18.4 Å². The van der Waals surface area contributed by atoms with Crippen molar-refractivity contribution in [2.24, 2.45) is 17.8 Å². The van der Waals surface area contributed by atoms with E-state index in [4.69, 9.17) is 11.7 Å². The van der Waals surface area contributed by atoms with Gasteiger partial charge in [-0.3, -0.25) is 14.6 Å². The molecule has 116 valence electrons. The molecular formula is C17H16N4O2. The molecule has 1 aromatic heterocycles. The summed E-state index contributed by atoms with van der Waals surface area (Å²) in [5, 5.41) is 11.9. The zero-order valence-electron chi connectivity index (χ0n) is 12.5. The van der Waals surface area contributed by atoms with Crippen molar-refractivity contribution >= 4 is 17.5 Å². The maximum absolute atomic E-state index is 12.7. The van der Waals surface area contributed by atoms with Gasteiger partial charge in [0.05, 0.1) is 17.4 Å². The summed E-state index contributed by atoms with van der Waals surface area (Å²) >= 11 is 0. The van der Waals surface area contributed by atoms with E-state index in [1.54, 1.807) is 11.0 Å². The number of rotatable bonds is 2. The van der Waals surface area contributed by atoms with Crippen molar-refractivity contribution in [1.82, 2.24) is 9.88 Å². The lowest BCUT2D eigenvalue weighted by atomic mass is 9.84.